The summed E-state index contributed by atoms with van der Waals surface area (Å²) in [6.07, 6.45) is 3.72. The van der Waals surface area contributed by atoms with Crippen molar-refractivity contribution in [3.8, 4) is 0 Å². The molecular formula is C32H51N3O5. The molecule has 8 heteroatoms. The van der Waals surface area contributed by atoms with Crippen LogP contribution < -0.4 is 10.6 Å². The number of methoxy groups -OCH3 is 2. The smallest absolute Gasteiger partial charge is 0.246 e. The lowest BCUT2D eigenvalue weighted by Crippen LogP contribution is -2.55. The number of carbonyl (C=O) groups is 3. The maximum Gasteiger partial charge on any atom is 0.246 e. The average molecular weight is 558 g/mol. The number of nitrogens with one attached hydrogen (secondary N) is 2. The van der Waals surface area contributed by atoms with Crippen LogP contribution in [-0.4, -0.2) is 73.7 Å². The second-order valence-corrected chi connectivity index (χ2v) is 11.9. The van der Waals surface area contributed by atoms with E-state index in [0.717, 1.165) is 31.2 Å². The van der Waals surface area contributed by atoms with Gasteiger partial charge in [-0.1, -0.05) is 71.4 Å². The standard InChI is InChI=1S/C32H51N3O5/c1-8-17-33-31(38)32(20-25(32)24-14-11-10-12-15-24)34-30(37)23(5)29(40-7)26-16-13-18-35(26)28(36)19-27(39-6)22(4)21(3)9-2/h10-12,14-15,21-23,25-27,29H,8-9,13,16-20H2,1-7H3,(H,33,38)(H,34,37)/t21?,22-,23+,25+,26-,27+,29+,32-/m0/s1. The van der Waals surface area contributed by atoms with Crippen molar-refractivity contribution < 1.29 is 23.9 Å². The summed E-state index contributed by atoms with van der Waals surface area (Å²) in [5.41, 5.74) is 0.0700. The maximum atomic E-state index is 13.7. The molecule has 0 aromatic heterocycles. The molecule has 8 nitrogen and oxygen atoms in total. The van der Waals surface area contributed by atoms with E-state index in [9.17, 15) is 14.4 Å². The topological polar surface area (TPSA) is 97.0 Å². The van der Waals surface area contributed by atoms with Gasteiger partial charge in [-0.25, -0.2) is 0 Å². The van der Waals surface area contributed by atoms with Crippen LogP contribution in [0.2, 0.25) is 0 Å². The second kappa shape index (κ2) is 14.4. The minimum atomic E-state index is -0.969. The highest BCUT2D eigenvalue weighted by Crippen LogP contribution is 2.52. The van der Waals surface area contributed by atoms with E-state index in [1.54, 1.807) is 14.2 Å². The third-order valence-corrected chi connectivity index (χ3v) is 9.43. The van der Waals surface area contributed by atoms with E-state index in [1.165, 1.54) is 0 Å². The molecule has 224 valence electrons. The molecule has 1 heterocycles. The monoisotopic (exact) mass is 557 g/mol. The SMILES string of the molecule is CCCNC(=O)[C@]1(NC(=O)[C@H](C)[C@@H](OC)[C@@H]2CCCN2C(=O)C[C@@H](OC)[C@@H](C)C(C)CC)C[C@@H]1c1ccccc1. The Kier molecular flexibility index (Phi) is 11.6. The first kappa shape index (κ1) is 32.1. The van der Waals surface area contributed by atoms with E-state index in [4.69, 9.17) is 9.47 Å². The van der Waals surface area contributed by atoms with Gasteiger partial charge >= 0.3 is 0 Å². The van der Waals surface area contributed by atoms with Crippen molar-refractivity contribution in [1.82, 2.24) is 15.5 Å². The highest BCUT2D eigenvalue weighted by atomic mass is 16.5. The molecule has 1 saturated heterocycles. The number of amides is 3. The summed E-state index contributed by atoms with van der Waals surface area (Å²) in [5.74, 6) is -0.242. The Balaban J connectivity index is 1.73. The molecular weight excluding hydrogens is 506 g/mol. The Labute approximate surface area is 240 Å². The maximum absolute atomic E-state index is 13.7. The molecule has 2 aliphatic rings. The summed E-state index contributed by atoms with van der Waals surface area (Å²) in [6.45, 7) is 11.5. The van der Waals surface area contributed by atoms with Gasteiger partial charge in [0.25, 0.3) is 0 Å². The van der Waals surface area contributed by atoms with Crippen molar-refractivity contribution in [3.05, 3.63) is 35.9 Å². The Morgan fingerprint density at radius 1 is 1.07 bits per heavy atom. The molecule has 1 aromatic rings. The number of ether oxygens (including phenoxy) is 2. The van der Waals surface area contributed by atoms with Crippen LogP contribution in [0, 0.1) is 17.8 Å². The van der Waals surface area contributed by atoms with Crippen molar-refractivity contribution in [2.24, 2.45) is 17.8 Å². The molecule has 0 bridgehead atoms. The van der Waals surface area contributed by atoms with Crippen LogP contribution in [0.25, 0.3) is 0 Å². The lowest BCUT2D eigenvalue weighted by atomic mass is 9.87. The van der Waals surface area contributed by atoms with Crippen molar-refractivity contribution in [3.63, 3.8) is 0 Å². The summed E-state index contributed by atoms with van der Waals surface area (Å²) < 4.78 is 11.7. The van der Waals surface area contributed by atoms with Gasteiger partial charge < -0.3 is 25.0 Å². The molecule has 1 aliphatic heterocycles. The summed E-state index contributed by atoms with van der Waals surface area (Å²) in [4.78, 5) is 42.4. The minimum Gasteiger partial charge on any atom is -0.381 e. The quantitative estimate of drug-likeness (QED) is 0.336. The van der Waals surface area contributed by atoms with E-state index >= 15 is 0 Å². The Hall–Kier alpha value is -2.45. The zero-order chi connectivity index (χ0) is 29.4. The molecule has 0 radical (unpaired) electrons. The Morgan fingerprint density at radius 2 is 1.77 bits per heavy atom. The normalized spacial score (nSPS) is 25.9. The fourth-order valence-corrected chi connectivity index (χ4v) is 6.33. The van der Waals surface area contributed by atoms with Crippen LogP contribution in [0.4, 0.5) is 0 Å². The number of rotatable bonds is 15. The molecule has 2 fully saturated rings. The fraction of sp³-hybridized carbons (Fsp3) is 0.719. The van der Waals surface area contributed by atoms with Crippen molar-refractivity contribution in [2.75, 3.05) is 27.3 Å². The highest BCUT2D eigenvalue weighted by molar-refractivity contribution is 5.96. The first-order valence-corrected chi connectivity index (χ1v) is 15.1. The van der Waals surface area contributed by atoms with Crippen LogP contribution in [-0.2, 0) is 23.9 Å². The van der Waals surface area contributed by atoms with Gasteiger partial charge in [-0.15, -0.1) is 0 Å². The molecule has 3 amide bonds. The number of hydrogen-bond donors (Lipinski definition) is 2. The van der Waals surface area contributed by atoms with Gasteiger partial charge in [-0.2, -0.15) is 0 Å². The molecule has 3 rings (SSSR count). The van der Waals surface area contributed by atoms with Crippen LogP contribution in [0.3, 0.4) is 0 Å². The first-order valence-electron chi connectivity index (χ1n) is 15.1. The molecule has 2 N–H and O–H groups in total. The van der Waals surface area contributed by atoms with E-state index in [2.05, 4.69) is 31.4 Å². The summed E-state index contributed by atoms with van der Waals surface area (Å²) >= 11 is 0. The first-order chi connectivity index (χ1) is 19.1. The fourth-order valence-electron chi connectivity index (χ4n) is 6.33. The lowest BCUT2D eigenvalue weighted by molar-refractivity contribution is -0.143. The molecule has 0 spiro atoms. The Bertz CT molecular complexity index is 988. The van der Waals surface area contributed by atoms with Gasteiger partial charge in [-0.3, -0.25) is 14.4 Å². The number of likely N-dealkylation sites (tertiary alicyclic amines) is 1. The van der Waals surface area contributed by atoms with Crippen LogP contribution >= 0.6 is 0 Å². The largest absolute Gasteiger partial charge is 0.381 e. The van der Waals surface area contributed by atoms with Gasteiger partial charge in [0.15, 0.2) is 0 Å². The van der Waals surface area contributed by atoms with Crippen molar-refractivity contribution in [2.45, 2.75) is 103 Å². The Morgan fingerprint density at radius 3 is 2.38 bits per heavy atom. The second-order valence-electron chi connectivity index (χ2n) is 11.9. The average Bonchev–Trinajstić information content (AvgIpc) is 3.50. The number of hydrogen-bond acceptors (Lipinski definition) is 5. The predicted molar refractivity (Wildman–Crippen MR) is 157 cm³/mol. The number of nitrogens with zero attached hydrogens (tertiary/aromatic N) is 1. The van der Waals surface area contributed by atoms with Crippen LogP contribution in [0.1, 0.15) is 84.6 Å². The van der Waals surface area contributed by atoms with Gasteiger partial charge in [0, 0.05) is 33.2 Å². The van der Waals surface area contributed by atoms with Crippen LogP contribution in [0.5, 0.6) is 0 Å². The van der Waals surface area contributed by atoms with Gasteiger partial charge in [-0.05, 0) is 43.1 Å². The zero-order valence-corrected chi connectivity index (χ0v) is 25.6. The summed E-state index contributed by atoms with van der Waals surface area (Å²) in [7, 11) is 3.28. The van der Waals surface area contributed by atoms with Gasteiger partial charge in [0.1, 0.15) is 5.54 Å². The van der Waals surface area contributed by atoms with Crippen LogP contribution in [0.15, 0.2) is 30.3 Å². The van der Waals surface area contributed by atoms with E-state index < -0.39 is 17.6 Å². The highest BCUT2D eigenvalue weighted by Gasteiger charge is 2.62. The number of carbonyl (C=O) groups excluding carboxylic acids is 3. The third-order valence-electron chi connectivity index (χ3n) is 9.43. The van der Waals surface area contributed by atoms with Gasteiger partial charge in [0.2, 0.25) is 17.7 Å². The third kappa shape index (κ3) is 7.06. The molecule has 1 aromatic carbocycles. The van der Waals surface area contributed by atoms with Crippen molar-refractivity contribution >= 4 is 17.7 Å². The van der Waals surface area contributed by atoms with E-state index in [1.807, 2.05) is 49.1 Å². The van der Waals surface area contributed by atoms with Crippen molar-refractivity contribution in [1.29, 1.82) is 0 Å². The molecule has 1 unspecified atom stereocenters. The molecule has 1 saturated carbocycles. The summed E-state index contributed by atoms with van der Waals surface area (Å²) in [5, 5.41) is 6.12. The lowest BCUT2D eigenvalue weighted by Gasteiger charge is -2.36. The van der Waals surface area contributed by atoms with Gasteiger partial charge in [0.05, 0.1) is 30.6 Å². The predicted octanol–water partition coefficient (Wildman–Crippen LogP) is 4.28. The molecule has 8 atom stereocenters. The number of benzene rings is 1. The molecule has 1 aliphatic carbocycles. The summed E-state index contributed by atoms with van der Waals surface area (Å²) in [6, 6.07) is 9.66. The minimum absolute atomic E-state index is 0.0425. The molecule has 40 heavy (non-hydrogen) atoms. The van der Waals surface area contributed by atoms with E-state index in [-0.39, 0.29) is 41.7 Å². The van der Waals surface area contributed by atoms with E-state index in [0.29, 0.717) is 31.8 Å². The zero-order valence-electron chi connectivity index (χ0n) is 25.6.